The molecule has 2 atom stereocenters. The molecule has 1 aliphatic rings. The van der Waals surface area contributed by atoms with Gasteiger partial charge in [0.05, 0.1) is 6.61 Å². The highest BCUT2D eigenvalue weighted by Crippen LogP contribution is 2.27. The van der Waals surface area contributed by atoms with Gasteiger partial charge in [0, 0.05) is 30.4 Å². The second kappa shape index (κ2) is 6.88. The van der Waals surface area contributed by atoms with E-state index < -0.39 is 0 Å². The second-order valence-corrected chi connectivity index (χ2v) is 5.57. The van der Waals surface area contributed by atoms with E-state index in [4.69, 9.17) is 10.5 Å². The molecule has 0 aliphatic carbocycles. The van der Waals surface area contributed by atoms with Crippen LogP contribution in [-0.2, 0) is 0 Å². The van der Waals surface area contributed by atoms with Gasteiger partial charge in [0.2, 0.25) is 11.8 Å². The van der Waals surface area contributed by atoms with Crippen LogP contribution in [0.3, 0.4) is 0 Å². The maximum atomic E-state index is 5.92. The summed E-state index contributed by atoms with van der Waals surface area (Å²) < 4.78 is 5.66. The Kier molecular flexibility index (Phi) is 5.17. The van der Waals surface area contributed by atoms with Crippen molar-refractivity contribution in [2.45, 2.75) is 58.5 Å². The predicted octanol–water partition coefficient (Wildman–Crippen LogP) is 2.28. The molecule has 1 aliphatic heterocycles. The lowest BCUT2D eigenvalue weighted by Crippen LogP contribution is -2.49. The topological polar surface area (TPSA) is 64.3 Å². The zero-order chi connectivity index (χ0) is 14.5. The number of ether oxygens (including phenoxy) is 1. The second-order valence-electron chi connectivity index (χ2n) is 5.57. The Morgan fingerprint density at radius 1 is 1.40 bits per heavy atom. The number of aromatic nitrogens is 2. The largest absolute Gasteiger partial charge is 0.478 e. The number of nitrogens with zero attached hydrogens (tertiary/aromatic N) is 3. The molecule has 0 spiro atoms. The molecule has 1 aromatic heterocycles. The number of aryl methyl sites for hydroxylation is 1. The minimum Gasteiger partial charge on any atom is -0.478 e. The molecule has 0 aromatic carbocycles. The van der Waals surface area contributed by atoms with Crippen LogP contribution >= 0.6 is 0 Å². The van der Waals surface area contributed by atoms with Crippen molar-refractivity contribution in [1.82, 2.24) is 9.97 Å². The summed E-state index contributed by atoms with van der Waals surface area (Å²) in [6.45, 7) is 7.63. The molecular formula is C15H26N4O. The average molecular weight is 278 g/mol. The van der Waals surface area contributed by atoms with E-state index in [1.54, 1.807) is 0 Å². The van der Waals surface area contributed by atoms with Crippen molar-refractivity contribution in [3.63, 3.8) is 0 Å². The average Bonchev–Trinajstić information content (AvgIpc) is 2.44. The molecule has 20 heavy (non-hydrogen) atoms. The fourth-order valence-corrected chi connectivity index (χ4v) is 2.80. The summed E-state index contributed by atoms with van der Waals surface area (Å²) in [5, 5.41) is 0. The van der Waals surface area contributed by atoms with Crippen molar-refractivity contribution in [3.8, 4) is 5.88 Å². The first-order valence-electron chi connectivity index (χ1n) is 7.62. The smallest absolute Gasteiger partial charge is 0.229 e. The van der Waals surface area contributed by atoms with E-state index in [0.29, 0.717) is 31.1 Å². The lowest BCUT2D eigenvalue weighted by Gasteiger charge is -2.40. The van der Waals surface area contributed by atoms with E-state index >= 15 is 0 Å². The molecular weight excluding hydrogens is 252 g/mol. The first-order chi connectivity index (χ1) is 9.65. The monoisotopic (exact) mass is 278 g/mol. The maximum absolute atomic E-state index is 5.92. The van der Waals surface area contributed by atoms with Crippen molar-refractivity contribution >= 4 is 5.95 Å². The van der Waals surface area contributed by atoms with Gasteiger partial charge in [-0.3, -0.25) is 0 Å². The van der Waals surface area contributed by atoms with Crippen LogP contribution in [0.25, 0.3) is 0 Å². The summed E-state index contributed by atoms with van der Waals surface area (Å²) in [6, 6.07) is 2.66. The third kappa shape index (κ3) is 3.39. The van der Waals surface area contributed by atoms with Gasteiger partial charge in [-0.25, -0.2) is 4.98 Å². The highest BCUT2D eigenvalue weighted by atomic mass is 16.5. The third-order valence-electron chi connectivity index (χ3n) is 3.80. The minimum atomic E-state index is 0.333. The van der Waals surface area contributed by atoms with Crippen molar-refractivity contribution < 1.29 is 4.74 Å². The summed E-state index contributed by atoms with van der Waals surface area (Å²) >= 11 is 0. The summed E-state index contributed by atoms with van der Waals surface area (Å²) in [5.41, 5.74) is 6.86. The molecule has 112 valence electrons. The van der Waals surface area contributed by atoms with Crippen LogP contribution in [0.4, 0.5) is 5.95 Å². The van der Waals surface area contributed by atoms with Crippen LogP contribution in [-0.4, -0.2) is 35.2 Å². The zero-order valence-corrected chi connectivity index (χ0v) is 12.8. The standard InChI is InChI=1S/C15H26N4O/c1-4-8-20-14-9-11(2)17-15(18-14)19-12(3)6-5-7-13(19)10-16/h9,12-13H,4-8,10,16H2,1-3H3. The molecule has 2 heterocycles. The van der Waals surface area contributed by atoms with Gasteiger partial charge in [-0.15, -0.1) is 0 Å². The van der Waals surface area contributed by atoms with Crippen LogP contribution in [0.1, 0.15) is 45.2 Å². The molecule has 5 heteroatoms. The molecule has 2 rings (SSSR count). The molecule has 0 radical (unpaired) electrons. The van der Waals surface area contributed by atoms with Gasteiger partial charge in [0.25, 0.3) is 0 Å². The van der Waals surface area contributed by atoms with Crippen molar-refractivity contribution in [1.29, 1.82) is 0 Å². The van der Waals surface area contributed by atoms with Crippen molar-refractivity contribution in [2.24, 2.45) is 5.73 Å². The highest BCUT2D eigenvalue weighted by molar-refractivity contribution is 5.38. The number of anilines is 1. The number of nitrogens with two attached hydrogens (primary N) is 1. The first-order valence-corrected chi connectivity index (χ1v) is 7.62. The summed E-state index contributed by atoms with van der Waals surface area (Å²) in [7, 11) is 0. The third-order valence-corrected chi connectivity index (χ3v) is 3.80. The minimum absolute atomic E-state index is 0.333. The van der Waals surface area contributed by atoms with Gasteiger partial charge in [-0.2, -0.15) is 4.98 Å². The van der Waals surface area contributed by atoms with Crippen LogP contribution in [0.15, 0.2) is 6.07 Å². The van der Waals surface area contributed by atoms with Gasteiger partial charge in [-0.05, 0) is 39.5 Å². The predicted molar refractivity (Wildman–Crippen MR) is 81.2 cm³/mol. The van der Waals surface area contributed by atoms with Gasteiger partial charge in [0.15, 0.2) is 0 Å². The normalized spacial score (nSPS) is 22.9. The Labute approximate surface area is 121 Å². The number of rotatable bonds is 5. The Bertz CT molecular complexity index is 438. The number of piperidine rings is 1. The van der Waals surface area contributed by atoms with Gasteiger partial charge in [0.1, 0.15) is 0 Å². The molecule has 1 aromatic rings. The summed E-state index contributed by atoms with van der Waals surface area (Å²) in [6.07, 6.45) is 4.48. The van der Waals surface area contributed by atoms with Crippen LogP contribution in [0.2, 0.25) is 0 Å². The SMILES string of the molecule is CCCOc1cc(C)nc(N2C(C)CCCC2CN)n1. The lowest BCUT2D eigenvalue weighted by molar-refractivity contribution is 0.303. The van der Waals surface area contributed by atoms with E-state index in [2.05, 4.69) is 28.7 Å². The quantitative estimate of drug-likeness (QED) is 0.895. The Morgan fingerprint density at radius 3 is 2.90 bits per heavy atom. The molecule has 2 N–H and O–H groups in total. The Balaban J connectivity index is 2.26. The Morgan fingerprint density at radius 2 is 2.20 bits per heavy atom. The van der Waals surface area contributed by atoms with Gasteiger partial charge in [-0.1, -0.05) is 6.92 Å². The first kappa shape index (κ1) is 15.0. The molecule has 0 saturated carbocycles. The number of hydrogen-bond acceptors (Lipinski definition) is 5. The number of hydrogen-bond donors (Lipinski definition) is 1. The zero-order valence-electron chi connectivity index (χ0n) is 12.8. The van der Waals surface area contributed by atoms with E-state index in [1.165, 1.54) is 12.8 Å². The van der Waals surface area contributed by atoms with Crippen molar-refractivity contribution in [3.05, 3.63) is 11.8 Å². The highest BCUT2D eigenvalue weighted by Gasteiger charge is 2.29. The van der Waals surface area contributed by atoms with E-state index in [1.807, 2.05) is 13.0 Å². The van der Waals surface area contributed by atoms with Gasteiger partial charge >= 0.3 is 0 Å². The molecule has 1 saturated heterocycles. The van der Waals surface area contributed by atoms with E-state index in [9.17, 15) is 0 Å². The van der Waals surface area contributed by atoms with Gasteiger partial charge < -0.3 is 15.4 Å². The van der Waals surface area contributed by atoms with E-state index in [-0.39, 0.29) is 0 Å². The van der Waals surface area contributed by atoms with Crippen LogP contribution in [0, 0.1) is 6.92 Å². The fraction of sp³-hybridized carbons (Fsp3) is 0.733. The molecule has 0 amide bonds. The molecule has 2 unspecified atom stereocenters. The van der Waals surface area contributed by atoms with Crippen LogP contribution in [0.5, 0.6) is 5.88 Å². The van der Waals surface area contributed by atoms with Crippen molar-refractivity contribution in [2.75, 3.05) is 18.1 Å². The summed E-state index contributed by atoms with van der Waals surface area (Å²) in [4.78, 5) is 11.4. The molecule has 0 bridgehead atoms. The lowest BCUT2D eigenvalue weighted by atomic mass is 9.97. The fourth-order valence-electron chi connectivity index (χ4n) is 2.80. The molecule has 5 nitrogen and oxygen atoms in total. The Hall–Kier alpha value is -1.36. The van der Waals surface area contributed by atoms with Crippen LogP contribution < -0.4 is 15.4 Å². The summed E-state index contributed by atoms with van der Waals surface area (Å²) in [5.74, 6) is 1.43. The molecule has 1 fully saturated rings. The van der Waals surface area contributed by atoms with E-state index in [0.717, 1.165) is 24.5 Å². The maximum Gasteiger partial charge on any atom is 0.229 e.